The molecule has 1 aromatic heterocycles. The Balaban J connectivity index is 2.36. The van der Waals surface area contributed by atoms with Crippen LogP contribution in [0.1, 0.15) is 47.8 Å². The third-order valence-corrected chi connectivity index (χ3v) is 5.34. The van der Waals surface area contributed by atoms with Gasteiger partial charge in [0, 0.05) is 0 Å². The summed E-state index contributed by atoms with van der Waals surface area (Å²) in [7, 11) is 4.11. The highest BCUT2D eigenvalue weighted by atomic mass is 32.1. The molecule has 1 aromatic rings. The molecule has 2 atom stereocenters. The predicted octanol–water partition coefficient (Wildman–Crippen LogP) is 3.75. The van der Waals surface area contributed by atoms with E-state index in [9.17, 15) is 4.79 Å². The monoisotopic (exact) mass is 265 g/mol. The fourth-order valence-corrected chi connectivity index (χ4v) is 4.11. The molecule has 0 aliphatic heterocycles. The molecule has 1 heterocycles. The van der Waals surface area contributed by atoms with Gasteiger partial charge in [-0.1, -0.05) is 19.8 Å². The third kappa shape index (κ3) is 2.26. The summed E-state index contributed by atoms with van der Waals surface area (Å²) in [6.45, 7) is 4.31. The van der Waals surface area contributed by atoms with E-state index in [4.69, 9.17) is 0 Å². The number of thiophene rings is 1. The minimum atomic E-state index is -0.271. The van der Waals surface area contributed by atoms with Crippen LogP contribution >= 0.6 is 11.3 Å². The van der Waals surface area contributed by atoms with E-state index in [1.54, 1.807) is 11.3 Å². The molecule has 0 N–H and O–H groups in total. The molecule has 0 saturated heterocycles. The van der Waals surface area contributed by atoms with Crippen molar-refractivity contribution < 1.29 is 4.79 Å². The first kappa shape index (κ1) is 13.8. The summed E-state index contributed by atoms with van der Waals surface area (Å²) in [4.78, 5) is 16.1. The van der Waals surface area contributed by atoms with Gasteiger partial charge in [-0.05, 0) is 56.8 Å². The second-order valence-corrected chi connectivity index (χ2v) is 6.81. The van der Waals surface area contributed by atoms with E-state index in [0.29, 0.717) is 11.7 Å². The number of Topliss-reactive ketones (excluding diaryl/α,β-unsaturated/α-hetero) is 1. The Bertz CT molecular complexity index is 437. The van der Waals surface area contributed by atoms with Gasteiger partial charge >= 0.3 is 0 Å². The molecule has 0 spiro atoms. The second-order valence-electron chi connectivity index (χ2n) is 5.89. The fourth-order valence-electron chi connectivity index (χ4n) is 3.16. The summed E-state index contributed by atoms with van der Waals surface area (Å²) in [5.74, 6) is 0.983. The van der Waals surface area contributed by atoms with Crippen LogP contribution in [0.25, 0.3) is 0 Å². The molecule has 0 aromatic carbocycles. The maximum Gasteiger partial charge on any atom is 0.193 e. The summed E-state index contributed by atoms with van der Waals surface area (Å²) in [5.41, 5.74) is 0.859. The number of hydrogen-bond donors (Lipinski definition) is 0. The molecule has 0 bridgehead atoms. The van der Waals surface area contributed by atoms with Crippen molar-refractivity contribution in [1.29, 1.82) is 0 Å². The number of hydrogen-bond acceptors (Lipinski definition) is 3. The van der Waals surface area contributed by atoms with E-state index in [2.05, 4.69) is 25.9 Å². The molecule has 3 heteroatoms. The molecular formula is C15H23NOS. The summed E-state index contributed by atoms with van der Waals surface area (Å²) >= 11 is 1.59. The fraction of sp³-hybridized carbons (Fsp3) is 0.667. The second kappa shape index (κ2) is 5.14. The van der Waals surface area contributed by atoms with Gasteiger partial charge in [-0.3, -0.25) is 9.69 Å². The van der Waals surface area contributed by atoms with Crippen molar-refractivity contribution >= 4 is 17.1 Å². The number of carbonyl (C=O) groups is 1. The van der Waals surface area contributed by atoms with Gasteiger partial charge < -0.3 is 0 Å². The molecule has 2 nitrogen and oxygen atoms in total. The largest absolute Gasteiger partial charge is 0.297 e. The molecule has 2 rings (SSSR count). The van der Waals surface area contributed by atoms with Gasteiger partial charge in [-0.15, -0.1) is 11.3 Å². The number of nitrogens with zero attached hydrogens (tertiary/aromatic N) is 1. The Hall–Kier alpha value is -0.670. The molecule has 0 radical (unpaired) electrons. The molecule has 1 fully saturated rings. The van der Waals surface area contributed by atoms with E-state index in [-0.39, 0.29) is 5.54 Å². The Labute approximate surface area is 114 Å². The van der Waals surface area contributed by atoms with Crippen LogP contribution in [-0.2, 0) is 0 Å². The normalized spacial score (nSPS) is 28.6. The van der Waals surface area contributed by atoms with Crippen LogP contribution in [0.3, 0.4) is 0 Å². The number of rotatable bonds is 3. The zero-order valence-electron chi connectivity index (χ0n) is 11.8. The van der Waals surface area contributed by atoms with Gasteiger partial charge in [0.25, 0.3) is 0 Å². The SMILES string of the molecule is Cc1ccsc1C(=O)C1(N(C)C)CCCC(C)C1. The molecule has 1 saturated carbocycles. The number of ketones is 1. The average Bonchev–Trinajstić information content (AvgIpc) is 2.74. The first-order valence-electron chi connectivity index (χ1n) is 6.73. The van der Waals surface area contributed by atoms with Crippen molar-refractivity contribution in [2.24, 2.45) is 5.92 Å². The highest BCUT2D eigenvalue weighted by molar-refractivity contribution is 7.12. The smallest absolute Gasteiger partial charge is 0.193 e. The van der Waals surface area contributed by atoms with Crippen molar-refractivity contribution in [3.05, 3.63) is 21.9 Å². The minimum absolute atomic E-state index is 0.271. The summed E-state index contributed by atoms with van der Waals surface area (Å²) < 4.78 is 0. The molecule has 2 unspecified atom stereocenters. The van der Waals surface area contributed by atoms with Crippen LogP contribution in [0.4, 0.5) is 0 Å². The summed E-state index contributed by atoms with van der Waals surface area (Å²) in [5, 5.41) is 2.03. The standard InChI is InChI=1S/C15H23NOS/c1-11-6-5-8-15(10-11,16(3)4)14(17)13-12(2)7-9-18-13/h7,9,11H,5-6,8,10H2,1-4H3. The zero-order chi connectivity index (χ0) is 13.3. The minimum Gasteiger partial charge on any atom is -0.297 e. The van der Waals surface area contributed by atoms with Crippen LogP contribution in [0, 0.1) is 12.8 Å². The van der Waals surface area contributed by atoms with E-state index in [0.717, 1.165) is 29.7 Å². The van der Waals surface area contributed by atoms with Crippen LogP contribution < -0.4 is 0 Å². The Morgan fingerprint density at radius 2 is 2.22 bits per heavy atom. The maximum absolute atomic E-state index is 13.0. The Morgan fingerprint density at radius 3 is 2.72 bits per heavy atom. The first-order valence-corrected chi connectivity index (χ1v) is 7.61. The molecule has 18 heavy (non-hydrogen) atoms. The van der Waals surface area contributed by atoms with E-state index in [1.807, 2.05) is 18.4 Å². The third-order valence-electron chi connectivity index (χ3n) is 4.32. The van der Waals surface area contributed by atoms with Crippen LogP contribution in [-0.4, -0.2) is 30.3 Å². The van der Waals surface area contributed by atoms with Gasteiger partial charge in [-0.25, -0.2) is 0 Å². The van der Waals surface area contributed by atoms with Gasteiger partial charge in [0.2, 0.25) is 0 Å². The van der Waals surface area contributed by atoms with Gasteiger partial charge in [-0.2, -0.15) is 0 Å². The summed E-state index contributed by atoms with van der Waals surface area (Å²) in [6.07, 6.45) is 4.42. The lowest BCUT2D eigenvalue weighted by Crippen LogP contribution is -2.53. The first-order chi connectivity index (χ1) is 8.47. The van der Waals surface area contributed by atoms with Crippen molar-refractivity contribution in [2.45, 2.75) is 45.1 Å². The van der Waals surface area contributed by atoms with Crippen molar-refractivity contribution in [3.63, 3.8) is 0 Å². The zero-order valence-corrected chi connectivity index (χ0v) is 12.6. The lowest BCUT2D eigenvalue weighted by atomic mass is 9.72. The van der Waals surface area contributed by atoms with Gasteiger partial charge in [0.1, 0.15) is 0 Å². The molecule has 0 amide bonds. The number of aryl methyl sites for hydroxylation is 1. The predicted molar refractivity (Wildman–Crippen MR) is 77.4 cm³/mol. The van der Waals surface area contributed by atoms with Gasteiger partial charge in [0.15, 0.2) is 5.78 Å². The number of carbonyl (C=O) groups excluding carboxylic acids is 1. The molecule has 1 aliphatic carbocycles. The molecule has 100 valence electrons. The quantitative estimate of drug-likeness (QED) is 0.776. The van der Waals surface area contributed by atoms with Crippen molar-refractivity contribution in [3.8, 4) is 0 Å². The Morgan fingerprint density at radius 1 is 1.50 bits per heavy atom. The lowest BCUT2D eigenvalue weighted by molar-refractivity contribution is 0.0490. The average molecular weight is 265 g/mol. The highest BCUT2D eigenvalue weighted by Crippen LogP contribution is 2.39. The number of likely N-dealkylation sites (N-methyl/N-ethyl adjacent to an activating group) is 1. The van der Waals surface area contributed by atoms with E-state index < -0.39 is 0 Å². The Kier molecular flexibility index (Phi) is 3.93. The van der Waals surface area contributed by atoms with Crippen molar-refractivity contribution in [1.82, 2.24) is 4.90 Å². The van der Waals surface area contributed by atoms with Crippen molar-refractivity contribution in [2.75, 3.05) is 14.1 Å². The van der Waals surface area contributed by atoms with Gasteiger partial charge in [0.05, 0.1) is 10.4 Å². The lowest BCUT2D eigenvalue weighted by Gasteiger charge is -2.43. The van der Waals surface area contributed by atoms with E-state index in [1.165, 1.54) is 6.42 Å². The summed E-state index contributed by atoms with van der Waals surface area (Å²) in [6, 6.07) is 2.05. The highest BCUT2D eigenvalue weighted by Gasteiger charge is 2.44. The molecule has 1 aliphatic rings. The van der Waals surface area contributed by atoms with Crippen LogP contribution in [0.15, 0.2) is 11.4 Å². The van der Waals surface area contributed by atoms with Crippen LogP contribution in [0.5, 0.6) is 0 Å². The molecular weight excluding hydrogens is 242 g/mol. The maximum atomic E-state index is 13.0. The topological polar surface area (TPSA) is 20.3 Å². The van der Waals surface area contributed by atoms with Crippen LogP contribution in [0.2, 0.25) is 0 Å². The van der Waals surface area contributed by atoms with E-state index >= 15 is 0 Å².